The van der Waals surface area contributed by atoms with Gasteiger partial charge in [0.05, 0.1) is 14.2 Å². The summed E-state index contributed by atoms with van der Waals surface area (Å²) in [5, 5.41) is 4.95. The van der Waals surface area contributed by atoms with E-state index in [1.165, 1.54) is 26.4 Å². The minimum atomic E-state index is -0.791. The summed E-state index contributed by atoms with van der Waals surface area (Å²) in [5.74, 6) is -1.56. The lowest BCUT2D eigenvalue weighted by atomic mass is 10.2. The predicted octanol–water partition coefficient (Wildman–Crippen LogP) is 2.74. The minimum Gasteiger partial charge on any atom is -0.497 e. The number of halogens is 2. The maximum Gasteiger partial charge on any atom is 0.251 e. The van der Waals surface area contributed by atoms with Gasteiger partial charge in [-0.2, -0.15) is 0 Å². The highest BCUT2D eigenvalue weighted by molar-refractivity contribution is 5.96. The van der Waals surface area contributed by atoms with E-state index in [4.69, 9.17) is 9.47 Å². The van der Waals surface area contributed by atoms with Gasteiger partial charge in [-0.15, -0.1) is 0 Å². The molecule has 0 saturated heterocycles. The lowest BCUT2D eigenvalue weighted by Gasteiger charge is -2.09. The molecule has 0 radical (unpaired) electrons. The van der Waals surface area contributed by atoms with Crippen molar-refractivity contribution >= 4 is 17.5 Å². The largest absolute Gasteiger partial charge is 0.497 e. The highest BCUT2D eigenvalue weighted by Gasteiger charge is 2.11. The summed E-state index contributed by atoms with van der Waals surface area (Å²) >= 11 is 0. The predicted molar refractivity (Wildman–Crippen MR) is 91.5 cm³/mol. The number of carbonyl (C=O) groups excluding carboxylic acids is 2. The Balaban J connectivity index is 1.88. The lowest BCUT2D eigenvalue weighted by molar-refractivity contribution is -0.116. The first-order valence-corrected chi connectivity index (χ1v) is 7.68. The van der Waals surface area contributed by atoms with E-state index in [9.17, 15) is 18.4 Å². The van der Waals surface area contributed by atoms with Crippen molar-refractivity contribution in [1.82, 2.24) is 5.32 Å². The number of ether oxygens (including phenoxy) is 2. The van der Waals surface area contributed by atoms with Crippen molar-refractivity contribution in [3.8, 4) is 11.5 Å². The fraction of sp³-hybridized carbons (Fsp3) is 0.222. The average molecular weight is 364 g/mol. The number of hydrogen-bond acceptors (Lipinski definition) is 4. The number of methoxy groups -OCH3 is 2. The van der Waals surface area contributed by atoms with Crippen molar-refractivity contribution < 1.29 is 27.8 Å². The van der Waals surface area contributed by atoms with Gasteiger partial charge >= 0.3 is 0 Å². The van der Waals surface area contributed by atoms with Crippen molar-refractivity contribution in [1.29, 1.82) is 0 Å². The molecular weight excluding hydrogens is 346 g/mol. The molecule has 0 unspecified atom stereocenters. The van der Waals surface area contributed by atoms with Crippen molar-refractivity contribution in [2.75, 3.05) is 26.1 Å². The monoisotopic (exact) mass is 364 g/mol. The summed E-state index contributed by atoms with van der Waals surface area (Å²) in [5.41, 5.74) is 0.324. The molecule has 0 aliphatic heterocycles. The van der Waals surface area contributed by atoms with E-state index in [-0.39, 0.29) is 18.7 Å². The van der Waals surface area contributed by atoms with Gasteiger partial charge in [0.2, 0.25) is 5.91 Å². The first-order chi connectivity index (χ1) is 12.4. The standard InChI is InChI=1S/C18H18F2N2O4/c1-25-15-5-11(6-16(10-15)26-2)18(24)21-4-3-17(23)22-14-8-12(19)7-13(20)9-14/h5-10H,3-4H2,1-2H3,(H,21,24)(H,22,23). The molecule has 0 spiro atoms. The van der Waals surface area contributed by atoms with E-state index in [1.807, 2.05) is 0 Å². The molecule has 0 heterocycles. The normalized spacial score (nSPS) is 10.2. The van der Waals surface area contributed by atoms with Crippen LogP contribution < -0.4 is 20.1 Å². The van der Waals surface area contributed by atoms with Crippen LogP contribution in [0.4, 0.5) is 14.5 Å². The molecule has 0 aliphatic rings. The Bertz CT molecular complexity index is 769. The topological polar surface area (TPSA) is 76.7 Å². The maximum absolute atomic E-state index is 13.1. The zero-order chi connectivity index (χ0) is 19.1. The number of rotatable bonds is 7. The van der Waals surface area contributed by atoms with E-state index >= 15 is 0 Å². The molecule has 0 bridgehead atoms. The Hall–Kier alpha value is -3.16. The molecular formula is C18H18F2N2O4. The maximum atomic E-state index is 13.1. The van der Waals surface area contributed by atoms with Gasteiger partial charge in [0, 0.05) is 36.3 Å². The number of carbonyl (C=O) groups is 2. The molecule has 2 rings (SSSR count). The van der Waals surface area contributed by atoms with Crippen LogP contribution >= 0.6 is 0 Å². The van der Waals surface area contributed by atoms with Crippen LogP contribution in [-0.4, -0.2) is 32.6 Å². The van der Waals surface area contributed by atoms with Gasteiger partial charge in [0.25, 0.3) is 5.91 Å². The first-order valence-electron chi connectivity index (χ1n) is 7.68. The minimum absolute atomic E-state index is 0.0105. The van der Waals surface area contributed by atoms with Crippen LogP contribution in [0.2, 0.25) is 0 Å². The summed E-state index contributed by atoms with van der Waals surface area (Å²) < 4.78 is 36.3. The Morgan fingerprint density at radius 1 is 0.923 bits per heavy atom. The second kappa shape index (κ2) is 8.80. The second-order valence-corrected chi connectivity index (χ2v) is 5.31. The highest BCUT2D eigenvalue weighted by Crippen LogP contribution is 2.22. The fourth-order valence-electron chi connectivity index (χ4n) is 2.18. The molecule has 2 aromatic carbocycles. The molecule has 26 heavy (non-hydrogen) atoms. The third kappa shape index (κ3) is 5.44. The van der Waals surface area contributed by atoms with E-state index in [0.717, 1.165) is 12.1 Å². The number of benzene rings is 2. The Morgan fingerprint density at radius 2 is 1.50 bits per heavy atom. The second-order valence-electron chi connectivity index (χ2n) is 5.31. The van der Waals surface area contributed by atoms with Crippen LogP contribution in [0, 0.1) is 11.6 Å². The van der Waals surface area contributed by atoms with Gasteiger partial charge in [-0.05, 0) is 24.3 Å². The zero-order valence-electron chi connectivity index (χ0n) is 14.3. The third-order valence-electron chi connectivity index (χ3n) is 3.40. The SMILES string of the molecule is COc1cc(OC)cc(C(=O)NCCC(=O)Nc2cc(F)cc(F)c2)c1. The number of amides is 2. The molecule has 0 atom stereocenters. The molecule has 2 aromatic rings. The number of nitrogens with one attached hydrogen (secondary N) is 2. The van der Waals surface area contributed by atoms with Gasteiger partial charge in [-0.1, -0.05) is 0 Å². The van der Waals surface area contributed by atoms with Crippen LogP contribution in [0.5, 0.6) is 11.5 Å². The Kier molecular flexibility index (Phi) is 6.48. The molecule has 8 heteroatoms. The number of anilines is 1. The molecule has 6 nitrogen and oxygen atoms in total. The van der Waals surface area contributed by atoms with Gasteiger partial charge in [-0.3, -0.25) is 9.59 Å². The van der Waals surface area contributed by atoms with E-state index in [1.54, 1.807) is 6.07 Å². The van der Waals surface area contributed by atoms with Gasteiger partial charge in [0.1, 0.15) is 23.1 Å². The summed E-state index contributed by atoms with van der Waals surface area (Å²) in [6.07, 6.45) is -0.0645. The van der Waals surface area contributed by atoms with E-state index < -0.39 is 23.4 Å². The molecule has 0 aliphatic carbocycles. The quantitative estimate of drug-likeness (QED) is 0.792. The average Bonchev–Trinajstić information content (AvgIpc) is 2.60. The highest BCUT2D eigenvalue weighted by atomic mass is 19.1. The fourth-order valence-corrected chi connectivity index (χ4v) is 2.18. The zero-order valence-corrected chi connectivity index (χ0v) is 14.3. The molecule has 2 amide bonds. The van der Waals surface area contributed by atoms with Crippen molar-refractivity contribution in [3.63, 3.8) is 0 Å². The Morgan fingerprint density at radius 3 is 2.04 bits per heavy atom. The van der Waals surface area contributed by atoms with Crippen LogP contribution in [0.3, 0.4) is 0 Å². The van der Waals surface area contributed by atoms with Crippen molar-refractivity contribution in [3.05, 3.63) is 53.6 Å². The van der Waals surface area contributed by atoms with Crippen molar-refractivity contribution in [2.24, 2.45) is 0 Å². The lowest BCUT2D eigenvalue weighted by Crippen LogP contribution is -2.27. The van der Waals surface area contributed by atoms with Gasteiger partial charge < -0.3 is 20.1 Å². The van der Waals surface area contributed by atoms with E-state index in [0.29, 0.717) is 23.1 Å². The summed E-state index contributed by atoms with van der Waals surface area (Å²) in [4.78, 5) is 24.0. The molecule has 2 N–H and O–H groups in total. The van der Waals surface area contributed by atoms with Crippen LogP contribution in [0.1, 0.15) is 16.8 Å². The molecule has 0 saturated carbocycles. The van der Waals surface area contributed by atoms with Crippen molar-refractivity contribution in [2.45, 2.75) is 6.42 Å². The molecule has 0 aromatic heterocycles. The third-order valence-corrected chi connectivity index (χ3v) is 3.40. The van der Waals surface area contributed by atoms with E-state index in [2.05, 4.69) is 10.6 Å². The smallest absolute Gasteiger partial charge is 0.251 e. The van der Waals surface area contributed by atoms with Gasteiger partial charge in [-0.25, -0.2) is 8.78 Å². The Labute approximate surface area is 149 Å². The van der Waals surface area contributed by atoms with Gasteiger partial charge in [0.15, 0.2) is 0 Å². The van der Waals surface area contributed by atoms with Crippen LogP contribution in [-0.2, 0) is 4.79 Å². The summed E-state index contributed by atoms with van der Waals surface area (Å²) in [6, 6.07) is 7.41. The number of hydrogen-bond donors (Lipinski definition) is 2. The molecule has 138 valence electrons. The first kappa shape index (κ1) is 19.2. The van der Waals surface area contributed by atoms with Crippen LogP contribution in [0.15, 0.2) is 36.4 Å². The summed E-state index contributed by atoms with van der Waals surface area (Å²) in [7, 11) is 2.94. The van der Waals surface area contributed by atoms with Crippen LogP contribution in [0.25, 0.3) is 0 Å². The summed E-state index contributed by atoms with van der Waals surface area (Å²) in [6.45, 7) is 0.0436. The molecule has 0 fully saturated rings.